The highest BCUT2D eigenvalue weighted by atomic mass is 79.9. The summed E-state index contributed by atoms with van der Waals surface area (Å²) in [6, 6.07) is 13.3. The van der Waals surface area contributed by atoms with Crippen LogP contribution in [0.25, 0.3) is 0 Å². The van der Waals surface area contributed by atoms with E-state index in [0.29, 0.717) is 0 Å². The Morgan fingerprint density at radius 1 is 1.14 bits per heavy atom. The van der Waals surface area contributed by atoms with Crippen LogP contribution in [-0.4, -0.2) is 41.0 Å². The second-order valence-corrected chi connectivity index (χ2v) is 9.51. The summed E-state index contributed by atoms with van der Waals surface area (Å²) in [5.41, 5.74) is 5.94. The number of likely N-dealkylation sites (tertiary alicyclic amines) is 1. The van der Waals surface area contributed by atoms with Gasteiger partial charge in [-0.25, -0.2) is 5.01 Å². The van der Waals surface area contributed by atoms with Gasteiger partial charge in [0.25, 0.3) is 0 Å². The molecule has 3 heterocycles. The molecule has 1 spiro atoms. The minimum Gasteiger partial charge on any atom is -0.466 e. The number of halogens is 1. The number of rotatable bonds is 2. The largest absolute Gasteiger partial charge is 0.466 e. The fourth-order valence-electron chi connectivity index (χ4n) is 5.01. The zero-order valence-corrected chi connectivity index (χ0v) is 19.0. The minimum atomic E-state index is -0.337. The molecule has 0 bridgehead atoms. The van der Waals surface area contributed by atoms with E-state index in [1.54, 1.807) is 0 Å². The van der Waals surface area contributed by atoms with Crippen molar-refractivity contribution in [2.75, 3.05) is 19.6 Å². The van der Waals surface area contributed by atoms with Gasteiger partial charge in [0.05, 0.1) is 11.8 Å². The Bertz CT molecular complexity index is 978. The molecule has 0 amide bonds. The Kier molecular flexibility index (Phi) is 4.71. The Hall–Kier alpha value is -1.85. The predicted octanol–water partition coefficient (Wildman–Crippen LogP) is 5.42. The van der Waals surface area contributed by atoms with Crippen LogP contribution in [0.5, 0.6) is 5.75 Å². The number of hydrogen-bond donors (Lipinski definition) is 0. The quantitative estimate of drug-likeness (QED) is 0.607. The maximum Gasteiger partial charge on any atom is 0.200 e. The van der Waals surface area contributed by atoms with E-state index >= 15 is 0 Å². The molecule has 0 aliphatic carbocycles. The van der Waals surface area contributed by atoms with Crippen LogP contribution < -0.4 is 4.74 Å². The SMILES string of the molecule is CCN1CCC2(CC1)Oc1ccc(Br)cc1[C@H]1CC(c3cc(C)ccc3C)=NN12. The van der Waals surface area contributed by atoms with Crippen molar-refractivity contribution in [1.82, 2.24) is 9.91 Å². The molecule has 1 saturated heterocycles. The first-order valence-electron chi connectivity index (χ1n) is 10.6. The van der Waals surface area contributed by atoms with Gasteiger partial charge in [-0.15, -0.1) is 0 Å². The minimum absolute atomic E-state index is 0.235. The van der Waals surface area contributed by atoms with Crippen LogP contribution in [0.2, 0.25) is 0 Å². The fourth-order valence-corrected chi connectivity index (χ4v) is 5.39. The Labute approximate surface area is 181 Å². The van der Waals surface area contributed by atoms with E-state index < -0.39 is 0 Å². The summed E-state index contributed by atoms with van der Waals surface area (Å²) in [7, 11) is 0. The monoisotopic (exact) mass is 453 g/mol. The van der Waals surface area contributed by atoms with Crippen LogP contribution in [0.3, 0.4) is 0 Å². The van der Waals surface area contributed by atoms with Crippen LogP contribution >= 0.6 is 15.9 Å². The van der Waals surface area contributed by atoms with E-state index in [2.05, 4.69) is 83.0 Å². The molecule has 2 aromatic carbocycles. The lowest BCUT2D eigenvalue weighted by atomic mass is 9.90. The Morgan fingerprint density at radius 3 is 2.69 bits per heavy atom. The third kappa shape index (κ3) is 3.19. The number of piperidine rings is 1. The van der Waals surface area contributed by atoms with Crippen molar-refractivity contribution in [1.29, 1.82) is 0 Å². The number of aryl methyl sites for hydroxylation is 2. The molecular formula is C24H28BrN3O. The molecule has 5 heteroatoms. The number of hydrogen-bond acceptors (Lipinski definition) is 4. The van der Waals surface area contributed by atoms with Crippen LogP contribution in [0, 0.1) is 13.8 Å². The van der Waals surface area contributed by atoms with E-state index in [0.717, 1.165) is 49.1 Å². The summed E-state index contributed by atoms with van der Waals surface area (Å²) in [6.07, 6.45) is 2.89. The van der Waals surface area contributed by atoms with E-state index in [1.807, 2.05) is 0 Å². The predicted molar refractivity (Wildman–Crippen MR) is 120 cm³/mol. The molecule has 0 aromatic heterocycles. The van der Waals surface area contributed by atoms with Crippen LogP contribution in [0.1, 0.15) is 54.5 Å². The summed E-state index contributed by atoms with van der Waals surface area (Å²) in [5.74, 6) is 1.02. The molecule has 5 rings (SSSR count). The summed E-state index contributed by atoms with van der Waals surface area (Å²) < 4.78 is 7.83. The van der Waals surface area contributed by atoms with Gasteiger partial charge in [0.1, 0.15) is 5.75 Å². The lowest BCUT2D eigenvalue weighted by Gasteiger charge is -2.51. The molecule has 1 fully saturated rings. The third-order valence-electron chi connectivity index (χ3n) is 6.75. The molecular weight excluding hydrogens is 426 g/mol. The molecule has 4 nitrogen and oxygen atoms in total. The van der Waals surface area contributed by atoms with E-state index in [9.17, 15) is 0 Å². The lowest BCUT2D eigenvalue weighted by molar-refractivity contribution is -0.149. The summed E-state index contributed by atoms with van der Waals surface area (Å²) in [4.78, 5) is 2.51. The standard InChI is InChI=1S/C24H28BrN3O/c1-4-27-11-9-24(10-12-27)28-22(20-14-18(25)7-8-23(20)29-24)15-21(26-28)19-13-16(2)5-6-17(19)3/h5-8,13-14,22H,4,9-12,15H2,1-3H3/t22-/m1/s1. The maximum atomic E-state index is 6.73. The second kappa shape index (κ2) is 7.13. The van der Waals surface area contributed by atoms with Crippen molar-refractivity contribution < 1.29 is 4.74 Å². The third-order valence-corrected chi connectivity index (χ3v) is 7.24. The van der Waals surface area contributed by atoms with Gasteiger partial charge in [-0.05, 0) is 50.2 Å². The average Bonchev–Trinajstić information content (AvgIpc) is 3.18. The van der Waals surface area contributed by atoms with Crippen LogP contribution in [0.15, 0.2) is 46.0 Å². The van der Waals surface area contributed by atoms with Gasteiger partial charge in [0, 0.05) is 48.0 Å². The van der Waals surface area contributed by atoms with Gasteiger partial charge >= 0.3 is 0 Å². The van der Waals surface area contributed by atoms with Crippen LogP contribution in [0.4, 0.5) is 0 Å². The fraction of sp³-hybridized carbons (Fsp3) is 0.458. The van der Waals surface area contributed by atoms with E-state index in [-0.39, 0.29) is 11.8 Å². The smallest absolute Gasteiger partial charge is 0.200 e. The zero-order valence-electron chi connectivity index (χ0n) is 17.4. The zero-order chi connectivity index (χ0) is 20.2. The summed E-state index contributed by atoms with van der Waals surface area (Å²) in [5, 5.41) is 7.54. The molecule has 1 atom stereocenters. The van der Waals surface area contributed by atoms with Crippen molar-refractivity contribution in [3.63, 3.8) is 0 Å². The van der Waals surface area contributed by atoms with Gasteiger partial charge in [-0.1, -0.05) is 40.5 Å². The normalized spacial score (nSPS) is 22.8. The maximum absolute atomic E-state index is 6.73. The number of hydrazone groups is 1. The molecule has 152 valence electrons. The topological polar surface area (TPSA) is 28.1 Å². The van der Waals surface area contributed by atoms with Gasteiger partial charge < -0.3 is 9.64 Å². The van der Waals surface area contributed by atoms with Crippen LogP contribution in [-0.2, 0) is 0 Å². The van der Waals surface area contributed by atoms with Gasteiger partial charge in [-0.3, -0.25) is 0 Å². The Balaban J connectivity index is 1.59. The second-order valence-electron chi connectivity index (χ2n) is 8.59. The van der Waals surface area contributed by atoms with Gasteiger partial charge in [0.2, 0.25) is 5.72 Å². The molecule has 3 aliphatic heterocycles. The highest BCUT2D eigenvalue weighted by Gasteiger charge is 2.51. The molecule has 29 heavy (non-hydrogen) atoms. The molecule has 0 radical (unpaired) electrons. The molecule has 0 N–H and O–H groups in total. The van der Waals surface area contributed by atoms with Crippen molar-refractivity contribution in [3.05, 3.63) is 63.1 Å². The highest BCUT2D eigenvalue weighted by molar-refractivity contribution is 9.10. The van der Waals surface area contributed by atoms with Crippen molar-refractivity contribution in [2.45, 2.75) is 51.8 Å². The number of ether oxygens (including phenoxy) is 1. The van der Waals surface area contributed by atoms with Crippen molar-refractivity contribution in [3.8, 4) is 5.75 Å². The molecule has 3 aliphatic rings. The van der Waals surface area contributed by atoms with E-state index in [4.69, 9.17) is 9.84 Å². The molecule has 2 aromatic rings. The van der Waals surface area contributed by atoms with Gasteiger partial charge in [-0.2, -0.15) is 5.10 Å². The van der Waals surface area contributed by atoms with Gasteiger partial charge in [0.15, 0.2) is 0 Å². The first-order chi connectivity index (χ1) is 14.0. The number of nitrogens with zero attached hydrogens (tertiary/aromatic N) is 3. The number of fused-ring (bicyclic) bond motifs is 4. The Morgan fingerprint density at radius 2 is 1.93 bits per heavy atom. The first kappa shape index (κ1) is 19.1. The highest BCUT2D eigenvalue weighted by Crippen LogP contribution is 2.50. The summed E-state index contributed by atoms with van der Waals surface area (Å²) in [6.45, 7) is 9.79. The molecule has 0 unspecified atom stereocenters. The average molecular weight is 454 g/mol. The summed E-state index contributed by atoms with van der Waals surface area (Å²) >= 11 is 3.66. The number of benzene rings is 2. The lowest BCUT2D eigenvalue weighted by Crippen LogP contribution is -2.59. The first-order valence-corrected chi connectivity index (χ1v) is 11.4. The molecule has 0 saturated carbocycles. The van der Waals surface area contributed by atoms with Crippen molar-refractivity contribution >= 4 is 21.6 Å². The van der Waals surface area contributed by atoms with E-state index in [1.165, 1.54) is 28.0 Å². The van der Waals surface area contributed by atoms with Crippen molar-refractivity contribution in [2.24, 2.45) is 5.10 Å².